The molecule has 0 spiro atoms. The molecule has 0 saturated heterocycles. The van der Waals surface area contributed by atoms with Crippen LogP contribution in [0.2, 0.25) is 0 Å². The number of hydrogen-bond donors (Lipinski definition) is 2. The Morgan fingerprint density at radius 1 is 1.25 bits per heavy atom. The van der Waals surface area contributed by atoms with Crippen LogP contribution in [0.25, 0.3) is 17.0 Å². The third kappa shape index (κ3) is 1.24. The lowest BCUT2D eigenvalue weighted by atomic mass is 10.5. The lowest BCUT2D eigenvalue weighted by Gasteiger charge is -1.98. The number of aromatic nitrogens is 7. The van der Waals surface area contributed by atoms with Crippen molar-refractivity contribution in [1.29, 1.82) is 0 Å². The van der Waals surface area contributed by atoms with Crippen molar-refractivity contribution in [1.82, 2.24) is 34.7 Å². The summed E-state index contributed by atoms with van der Waals surface area (Å²) in [4.78, 5) is 19.2. The Labute approximate surface area is 89.6 Å². The number of hydrogen-bond acceptors (Lipinski definition) is 6. The molecule has 8 nitrogen and oxygen atoms in total. The summed E-state index contributed by atoms with van der Waals surface area (Å²) in [6.07, 6.45) is 4.55. The normalized spacial score (nSPS) is 11.1. The summed E-state index contributed by atoms with van der Waals surface area (Å²) >= 11 is 0. The summed E-state index contributed by atoms with van der Waals surface area (Å²) in [6, 6.07) is 0. The summed E-state index contributed by atoms with van der Waals surface area (Å²) < 4.78 is 1.55. The van der Waals surface area contributed by atoms with Crippen LogP contribution in [-0.2, 0) is 6.54 Å². The number of nitrogens with one attached hydrogen (secondary N) is 1. The van der Waals surface area contributed by atoms with Crippen molar-refractivity contribution in [3.05, 3.63) is 24.8 Å². The molecule has 0 aliphatic carbocycles. The minimum absolute atomic E-state index is 0.296. The lowest BCUT2D eigenvalue weighted by molar-refractivity contribution is 0.810. The van der Waals surface area contributed by atoms with Gasteiger partial charge in [-0.15, -0.1) is 5.10 Å². The first kappa shape index (κ1) is 8.92. The Morgan fingerprint density at radius 3 is 3.00 bits per heavy atom. The first-order valence-electron chi connectivity index (χ1n) is 4.63. The molecule has 16 heavy (non-hydrogen) atoms. The molecule has 0 atom stereocenters. The van der Waals surface area contributed by atoms with Gasteiger partial charge in [0.25, 0.3) is 0 Å². The lowest BCUT2D eigenvalue weighted by Crippen LogP contribution is -2.03. The molecule has 3 heterocycles. The average molecular weight is 216 g/mol. The molecule has 0 amide bonds. The second-order valence-corrected chi connectivity index (χ2v) is 3.11. The number of imidazole rings is 1. The van der Waals surface area contributed by atoms with E-state index in [4.69, 9.17) is 5.73 Å². The van der Waals surface area contributed by atoms with Crippen LogP contribution in [0.4, 0.5) is 0 Å². The number of rotatable bonds is 2. The van der Waals surface area contributed by atoms with Gasteiger partial charge >= 0.3 is 0 Å². The molecule has 0 unspecified atom stereocenters. The number of nitrogens with two attached hydrogens (primary N) is 1. The maximum absolute atomic E-state index is 5.44. The molecular weight excluding hydrogens is 208 g/mol. The fraction of sp³-hybridized carbons (Fsp3) is 0.125. The van der Waals surface area contributed by atoms with E-state index < -0.39 is 0 Å². The highest BCUT2D eigenvalue weighted by atomic mass is 15.4. The molecular formula is C8H8N8. The fourth-order valence-electron chi connectivity index (χ4n) is 1.42. The van der Waals surface area contributed by atoms with Gasteiger partial charge in [0.2, 0.25) is 0 Å². The summed E-state index contributed by atoms with van der Waals surface area (Å²) in [7, 11) is 0. The van der Waals surface area contributed by atoms with Gasteiger partial charge in [0.15, 0.2) is 17.3 Å². The van der Waals surface area contributed by atoms with E-state index in [0.29, 0.717) is 23.8 Å². The highest BCUT2D eigenvalue weighted by Gasteiger charge is 2.09. The molecule has 0 aliphatic rings. The van der Waals surface area contributed by atoms with Crippen LogP contribution in [0.3, 0.4) is 0 Å². The van der Waals surface area contributed by atoms with Crippen molar-refractivity contribution >= 4 is 11.2 Å². The second-order valence-electron chi connectivity index (χ2n) is 3.11. The van der Waals surface area contributed by atoms with E-state index >= 15 is 0 Å². The highest BCUT2D eigenvalue weighted by Crippen LogP contribution is 2.12. The van der Waals surface area contributed by atoms with Gasteiger partial charge in [0.1, 0.15) is 18.2 Å². The summed E-state index contributed by atoms with van der Waals surface area (Å²) in [5, 5.41) is 4.17. The summed E-state index contributed by atoms with van der Waals surface area (Å²) in [5.74, 6) is 1.17. The minimum atomic E-state index is 0.296. The minimum Gasteiger partial charge on any atom is -0.340 e. The Bertz CT molecular complexity index is 624. The van der Waals surface area contributed by atoms with Crippen LogP contribution >= 0.6 is 0 Å². The van der Waals surface area contributed by atoms with Gasteiger partial charge in [0, 0.05) is 0 Å². The SMILES string of the molecule is NCc1ncn(-c2ncnc3nc[nH]c23)n1. The van der Waals surface area contributed by atoms with Crippen LogP contribution in [0, 0.1) is 0 Å². The topological polar surface area (TPSA) is 111 Å². The van der Waals surface area contributed by atoms with Crippen LogP contribution in [0.15, 0.2) is 19.0 Å². The third-order valence-corrected chi connectivity index (χ3v) is 2.14. The zero-order valence-corrected chi connectivity index (χ0v) is 8.20. The predicted octanol–water partition coefficient (Wildman–Crippen LogP) is -0.608. The zero-order valence-electron chi connectivity index (χ0n) is 8.20. The zero-order chi connectivity index (χ0) is 11.0. The van der Waals surface area contributed by atoms with Gasteiger partial charge in [-0.1, -0.05) is 0 Å². The van der Waals surface area contributed by atoms with Gasteiger partial charge in [-0.3, -0.25) is 0 Å². The number of nitrogens with zero attached hydrogens (tertiary/aromatic N) is 6. The molecule has 80 valence electrons. The van der Waals surface area contributed by atoms with E-state index in [2.05, 4.69) is 30.0 Å². The number of H-pyrrole nitrogens is 1. The van der Waals surface area contributed by atoms with Crippen LogP contribution < -0.4 is 5.73 Å². The standard InChI is InChI=1S/C8H8N8/c9-1-5-14-4-16(15-5)8-6-7(11-2-10-6)12-3-13-8/h2-4H,1,9H2,(H,10,11,12,13). The Morgan fingerprint density at radius 2 is 2.19 bits per heavy atom. The summed E-state index contributed by atoms with van der Waals surface area (Å²) in [5.41, 5.74) is 6.75. The molecule has 0 radical (unpaired) electrons. The molecule has 0 saturated carbocycles. The quantitative estimate of drug-likeness (QED) is 0.591. The van der Waals surface area contributed by atoms with Crippen LogP contribution in [0.5, 0.6) is 0 Å². The molecule has 0 aromatic carbocycles. The first-order valence-corrected chi connectivity index (χ1v) is 4.63. The molecule has 0 fully saturated rings. The molecule has 0 bridgehead atoms. The van der Waals surface area contributed by atoms with Crippen molar-refractivity contribution in [3.63, 3.8) is 0 Å². The molecule has 3 rings (SSSR count). The van der Waals surface area contributed by atoms with E-state index in [1.165, 1.54) is 6.33 Å². The average Bonchev–Trinajstić information content (AvgIpc) is 2.97. The van der Waals surface area contributed by atoms with Gasteiger partial charge in [-0.2, -0.15) is 0 Å². The first-order chi connectivity index (χ1) is 7.88. The van der Waals surface area contributed by atoms with Gasteiger partial charge in [-0.05, 0) is 0 Å². The largest absolute Gasteiger partial charge is 0.340 e. The maximum atomic E-state index is 5.44. The van der Waals surface area contributed by atoms with Crippen molar-refractivity contribution < 1.29 is 0 Å². The number of aromatic amines is 1. The molecule has 3 N–H and O–H groups in total. The van der Waals surface area contributed by atoms with E-state index in [0.717, 1.165) is 5.52 Å². The Kier molecular flexibility index (Phi) is 1.87. The monoisotopic (exact) mass is 216 g/mol. The maximum Gasteiger partial charge on any atom is 0.184 e. The molecule has 8 heteroatoms. The fourth-order valence-corrected chi connectivity index (χ4v) is 1.42. The van der Waals surface area contributed by atoms with Gasteiger partial charge < -0.3 is 10.7 Å². The third-order valence-electron chi connectivity index (χ3n) is 2.14. The van der Waals surface area contributed by atoms with Gasteiger partial charge in [0.05, 0.1) is 12.9 Å². The van der Waals surface area contributed by atoms with Crippen molar-refractivity contribution in [2.45, 2.75) is 6.54 Å². The van der Waals surface area contributed by atoms with E-state index in [1.54, 1.807) is 17.3 Å². The molecule has 3 aromatic rings. The van der Waals surface area contributed by atoms with Crippen molar-refractivity contribution in [3.8, 4) is 5.82 Å². The smallest absolute Gasteiger partial charge is 0.184 e. The van der Waals surface area contributed by atoms with E-state index in [-0.39, 0.29) is 0 Å². The Balaban J connectivity index is 2.21. The second kappa shape index (κ2) is 3.35. The Hall–Kier alpha value is -2.35. The van der Waals surface area contributed by atoms with Gasteiger partial charge in [-0.25, -0.2) is 24.6 Å². The van der Waals surface area contributed by atoms with E-state index in [1.807, 2.05) is 0 Å². The highest BCUT2D eigenvalue weighted by molar-refractivity contribution is 5.77. The van der Waals surface area contributed by atoms with E-state index in [9.17, 15) is 0 Å². The number of fused-ring (bicyclic) bond motifs is 1. The van der Waals surface area contributed by atoms with Crippen molar-refractivity contribution in [2.24, 2.45) is 5.73 Å². The predicted molar refractivity (Wildman–Crippen MR) is 54.5 cm³/mol. The van der Waals surface area contributed by atoms with Crippen molar-refractivity contribution in [2.75, 3.05) is 0 Å². The molecule has 0 aliphatic heterocycles. The summed E-state index contributed by atoms with van der Waals surface area (Å²) in [6.45, 7) is 0.296. The van der Waals surface area contributed by atoms with Crippen LogP contribution in [-0.4, -0.2) is 34.7 Å². The van der Waals surface area contributed by atoms with Crippen LogP contribution in [0.1, 0.15) is 5.82 Å². The molecule has 3 aromatic heterocycles.